The molecule has 0 aliphatic heterocycles. The fourth-order valence-corrected chi connectivity index (χ4v) is 2.28. The molecular formula is C16H34F3N3O3S. The number of hydrogen-bond acceptors (Lipinski definition) is 3. The number of alkyl halides is 3. The average Bonchev–Trinajstić information content (AvgIpc) is 2.52. The summed E-state index contributed by atoms with van der Waals surface area (Å²) in [6, 6.07) is 0. The van der Waals surface area contributed by atoms with E-state index in [9.17, 15) is 13.2 Å². The van der Waals surface area contributed by atoms with Gasteiger partial charge < -0.3 is 4.55 Å². The van der Waals surface area contributed by atoms with E-state index >= 15 is 0 Å². The van der Waals surface area contributed by atoms with E-state index in [0.29, 0.717) is 0 Å². The van der Waals surface area contributed by atoms with Crippen molar-refractivity contribution in [1.29, 1.82) is 0 Å². The van der Waals surface area contributed by atoms with Crippen LogP contribution in [0.5, 0.6) is 0 Å². The quantitative estimate of drug-likeness (QED) is 0.204. The van der Waals surface area contributed by atoms with Crippen LogP contribution >= 0.6 is 0 Å². The molecule has 0 amide bonds. The van der Waals surface area contributed by atoms with Crippen molar-refractivity contribution in [2.75, 3.05) is 40.3 Å². The van der Waals surface area contributed by atoms with Crippen molar-refractivity contribution in [3.8, 4) is 0 Å². The number of halogens is 3. The third-order valence-electron chi connectivity index (χ3n) is 3.58. The van der Waals surface area contributed by atoms with Gasteiger partial charge in [0.1, 0.15) is 0 Å². The molecule has 26 heavy (non-hydrogen) atoms. The second kappa shape index (κ2) is 13.2. The largest absolute Gasteiger partial charge is 0.741 e. The highest BCUT2D eigenvalue weighted by Gasteiger charge is 2.36. The van der Waals surface area contributed by atoms with Gasteiger partial charge in [0, 0.05) is 0 Å². The predicted molar refractivity (Wildman–Crippen MR) is 97.2 cm³/mol. The van der Waals surface area contributed by atoms with Gasteiger partial charge in [-0.2, -0.15) is 13.2 Å². The number of unbranched alkanes of at least 4 members (excludes halogenated alkanes) is 2. The zero-order valence-electron chi connectivity index (χ0n) is 16.8. The van der Waals surface area contributed by atoms with Crippen LogP contribution in [0.1, 0.15) is 53.4 Å². The molecule has 0 fully saturated rings. The first-order valence-electron chi connectivity index (χ1n) is 8.93. The highest BCUT2D eigenvalue weighted by atomic mass is 32.2. The van der Waals surface area contributed by atoms with Gasteiger partial charge in [-0.15, -0.1) is 0 Å². The molecular weight excluding hydrogens is 371 g/mol. The first kappa shape index (κ1) is 27.2. The second-order valence-corrected chi connectivity index (χ2v) is 7.33. The Bertz CT molecular complexity index is 493. The third-order valence-corrected chi connectivity index (χ3v) is 4.14. The monoisotopic (exact) mass is 405 g/mol. The van der Waals surface area contributed by atoms with E-state index in [0.717, 1.165) is 13.1 Å². The maximum atomic E-state index is 10.7. The molecule has 0 aromatic carbocycles. The molecule has 0 rings (SSSR count). The maximum Gasteiger partial charge on any atom is 0.485 e. The SMILES string of the molecule is CCCCN(CCCC)C(N(CC)CC)=[N+](C)C.O=S(=O)([O-])C(F)(F)F. The topological polar surface area (TPSA) is 66.7 Å². The average molecular weight is 406 g/mol. The zero-order chi connectivity index (χ0) is 21.0. The Labute approximate surface area is 156 Å². The molecule has 0 spiro atoms. The van der Waals surface area contributed by atoms with Crippen LogP contribution in [0.2, 0.25) is 0 Å². The lowest BCUT2D eigenvalue weighted by molar-refractivity contribution is -0.476. The number of rotatable bonds is 8. The van der Waals surface area contributed by atoms with E-state index in [4.69, 9.17) is 13.0 Å². The molecule has 0 aliphatic rings. The molecule has 0 aromatic heterocycles. The Hall–Kier alpha value is -1.03. The van der Waals surface area contributed by atoms with Crippen LogP contribution in [0, 0.1) is 0 Å². The zero-order valence-corrected chi connectivity index (χ0v) is 17.6. The van der Waals surface area contributed by atoms with Crippen molar-refractivity contribution in [2.45, 2.75) is 58.9 Å². The van der Waals surface area contributed by atoms with E-state index in [2.05, 4.69) is 56.2 Å². The summed E-state index contributed by atoms with van der Waals surface area (Å²) in [6.07, 6.45) is 5.09. The Kier molecular flexibility index (Phi) is 13.8. The number of guanidine groups is 1. The highest BCUT2D eigenvalue weighted by molar-refractivity contribution is 7.86. The fraction of sp³-hybridized carbons (Fsp3) is 0.938. The van der Waals surface area contributed by atoms with Gasteiger partial charge in [0.25, 0.3) is 0 Å². The first-order chi connectivity index (χ1) is 11.9. The summed E-state index contributed by atoms with van der Waals surface area (Å²) in [5, 5.41) is 0. The molecule has 0 aliphatic carbocycles. The Balaban J connectivity index is 0. The van der Waals surface area contributed by atoms with Crippen molar-refractivity contribution in [3.63, 3.8) is 0 Å². The minimum absolute atomic E-state index is 1.08. The number of hydrogen-bond donors (Lipinski definition) is 0. The molecule has 0 radical (unpaired) electrons. The van der Waals surface area contributed by atoms with Gasteiger partial charge in [0.2, 0.25) is 0 Å². The van der Waals surface area contributed by atoms with Gasteiger partial charge in [0.05, 0.1) is 40.3 Å². The Morgan fingerprint density at radius 3 is 1.46 bits per heavy atom. The second-order valence-electron chi connectivity index (χ2n) is 5.96. The van der Waals surface area contributed by atoms with Crippen molar-refractivity contribution in [3.05, 3.63) is 0 Å². The normalized spacial score (nSPS) is 11.5. The summed E-state index contributed by atoms with van der Waals surface area (Å²) in [5.41, 5.74) is -5.65. The van der Waals surface area contributed by atoms with E-state index in [-0.39, 0.29) is 0 Å². The van der Waals surface area contributed by atoms with Crippen molar-refractivity contribution >= 4 is 16.1 Å². The van der Waals surface area contributed by atoms with Gasteiger partial charge in [-0.3, -0.25) is 14.4 Å². The Morgan fingerprint density at radius 1 is 0.923 bits per heavy atom. The van der Waals surface area contributed by atoms with Crippen LogP contribution in [-0.2, 0) is 10.1 Å². The fourth-order valence-electron chi connectivity index (χ4n) is 2.28. The lowest BCUT2D eigenvalue weighted by Gasteiger charge is -2.28. The van der Waals surface area contributed by atoms with Crippen LogP contribution in [-0.4, -0.2) is 79.1 Å². The lowest BCUT2D eigenvalue weighted by Crippen LogP contribution is -2.49. The molecule has 0 saturated carbocycles. The summed E-state index contributed by atoms with van der Waals surface area (Å²) in [4.78, 5) is 5.03. The molecule has 0 unspecified atom stereocenters. The summed E-state index contributed by atoms with van der Waals surface area (Å²) >= 11 is 0. The van der Waals surface area contributed by atoms with E-state index in [1.165, 1.54) is 44.7 Å². The minimum atomic E-state index is -6.09. The van der Waals surface area contributed by atoms with E-state index < -0.39 is 15.6 Å². The summed E-state index contributed by atoms with van der Waals surface area (Å²) in [7, 11) is -1.76. The molecule has 0 atom stereocenters. The van der Waals surface area contributed by atoms with Gasteiger partial charge in [-0.25, -0.2) is 8.42 Å². The molecule has 158 valence electrons. The van der Waals surface area contributed by atoms with Crippen molar-refractivity contribution in [1.82, 2.24) is 9.80 Å². The summed E-state index contributed by atoms with van der Waals surface area (Å²) in [5.74, 6) is 1.39. The van der Waals surface area contributed by atoms with Crippen LogP contribution in [0.3, 0.4) is 0 Å². The standard InChI is InChI=1S/C15H34N3.CHF3O3S/c1-7-11-13-18(14-12-8-2)15(16(5)6)17(9-3)10-4;2-1(3,4)8(5,6)7/h7-14H2,1-6H3;(H,5,6,7)/q+1;/p-1. The maximum absolute atomic E-state index is 10.7. The van der Waals surface area contributed by atoms with E-state index in [1.54, 1.807) is 0 Å². The summed E-state index contributed by atoms with van der Waals surface area (Å²) in [6.45, 7) is 13.5. The van der Waals surface area contributed by atoms with Crippen LogP contribution in [0.4, 0.5) is 13.2 Å². The molecule has 0 bridgehead atoms. The van der Waals surface area contributed by atoms with Crippen LogP contribution in [0.25, 0.3) is 0 Å². The van der Waals surface area contributed by atoms with Crippen LogP contribution < -0.4 is 0 Å². The van der Waals surface area contributed by atoms with E-state index in [1.807, 2.05) is 0 Å². The Morgan fingerprint density at radius 2 is 1.27 bits per heavy atom. The van der Waals surface area contributed by atoms with Gasteiger partial charge >= 0.3 is 11.5 Å². The molecule has 0 saturated heterocycles. The predicted octanol–water partition coefficient (Wildman–Crippen LogP) is 2.91. The third kappa shape index (κ3) is 10.8. The van der Waals surface area contributed by atoms with Gasteiger partial charge in [-0.1, -0.05) is 26.7 Å². The minimum Gasteiger partial charge on any atom is -0.741 e. The molecule has 0 N–H and O–H groups in total. The van der Waals surface area contributed by atoms with Crippen molar-refractivity contribution < 1.29 is 30.7 Å². The van der Waals surface area contributed by atoms with Crippen molar-refractivity contribution in [2.24, 2.45) is 0 Å². The smallest absolute Gasteiger partial charge is 0.485 e. The summed E-state index contributed by atoms with van der Waals surface area (Å²) < 4.78 is 61.2. The molecule has 6 nitrogen and oxygen atoms in total. The molecule has 0 aromatic rings. The van der Waals surface area contributed by atoms with Crippen LogP contribution in [0.15, 0.2) is 0 Å². The number of nitrogens with zero attached hydrogens (tertiary/aromatic N) is 3. The lowest BCUT2D eigenvalue weighted by atomic mass is 10.2. The highest BCUT2D eigenvalue weighted by Crippen LogP contribution is 2.20. The van der Waals surface area contributed by atoms with Gasteiger partial charge in [0.15, 0.2) is 10.1 Å². The first-order valence-corrected chi connectivity index (χ1v) is 10.3. The molecule has 10 heteroatoms. The molecule has 0 heterocycles. The van der Waals surface area contributed by atoms with Gasteiger partial charge in [-0.05, 0) is 26.7 Å².